The van der Waals surface area contributed by atoms with Crippen molar-refractivity contribution < 1.29 is 13.9 Å². The lowest BCUT2D eigenvalue weighted by molar-refractivity contribution is -0.137. The summed E-state index contributed by atoms with van der Waals surface area (Å²) in [7, 11) is 0. The van der Waals surface area contributed by atoms with Crippen LogP contribution in [-0.4, -0.2) is 12.6 Å². The zero-order valence-corrected chi connectivity index (χ0v) is 14.2. The van der Waals surface area contributed by atoms with Gasteiger partial charge in [0.25, 0.3) is 0 Å². The van der Waals surface area contributed by atoms with Crippen LogP contribution in [0.5, 0.6) is 0 Å². The molecule has 0 fully saturated rings. The second kappa shape index (κ2) is 6.50. The zero-order chi connectivity index (χ0) is 15.5. The first-order chi connectivity index (χ1) is 10.7. The normalized spacial score (nSPS) is 11.8. The number of hydrogen-bond acceptors (Lipinski definition) is 4. The van der Waals surface area contributed by atoms with E-state index in [1.165, 1.54) is 6.08 Å². The lowest BCUT2D eigenvalue weighted by atomic mass is 10.1. The first kappa shape index (κ1) is 15.1. The van der Waals surface area contributed by atoms with Gasteiger partial charge in [0.05, 0.1) is 6.61 Å². The third-order valence-corrected chi connectivity index (χ3v) is 4.48. The maximum absolute atomic E-state index is 11.8. The zero-order valence-electron chi connectivity index (χ0n) is 11.8. The van der Waals surface area contributed by atoms with Crippen molar-refractivity contribution in [1.29, 1.82) is 0 Å². The molecule has 0 aliphatic heterocycles. The number of furan rings is 1. The van der Waals surface area contributed by atoms with Crippen molar-refractivity contribution in [2.24, 2.45) is 0 Å². The van der Waals surface area contributed by atoms with Crippen LogP contribution in [0, 0.1) is 0 Å². The molecule has 2 aromatic heterocycles. The number of benzene rings is 1. The standard InChI is InChI=1S/C17H13BrO3S/c1-2-20-17(19)10-13(16-4-3-7-22-16)15-9-11-8-12(18)5-6-14(11)21-15/h3-10H,2H2,1H3/b13-10+. The van der Waals surface area contributed by atoms with E-state index in [0.717, 1.165) is 25.9 Å². The molecule has 5 heteroatoms. The molecule has 3 nitrogen and oxygen atoms in total. The molecule has 0 aliphatic rings. The molecule has 112 valence electrons. The van der Waals surface area contributed by atoms with E-state index < -0.39 is 0 Å². The van der Waals surface area contributed by atoms with Crippen molar-refractivity contribution in [3.05, 3.63) is 63.0 Å². The molecule has 0 bridgehead atoms. The predicted octanol–water partition coefficient (Wildman–Crippen LogP) is 5.25. The van der Waals surface area contributed by atoms with Gasteiger partial charge in [-0.1, -0.05) is 22.0 Å². The average Bonchev–Trinajstić information content (AvgIpc) is 3.13. The molecule has 0 aliphatic carbocycles. The van der Waals surface area contributed by atoms with Gasteiger partial charge >= 0.3 is 5.97 Å². The van der Waals surface area contributed by atoms with Gasteiger partial charge in [-0.3, -0.25) is 0 Å². The molecule has 1 aromatic carbocycles. The number of halogens is 1. The molecule has 22 heavy (non-hydrogen) atoms. The Hall–Kier alpha value is -1.85. The molecule has 0 N–H and O–H groups in total. The Morgan fingerprint density at radius 3 is 2.95 bits per heavy atom. The Morgan fingerprint density at radius 2 is 2.23 bits per heavy atom. The molecule has 0 amide bonds. The van der Waals surface area contributed by atoms with Gasteiger partial charge in [-0.05, 0) is 42.6 Å². The highest BCUT2D eigenvalue weighted by atomic mass is 79.9. The van der Waals surface area contributed by atoms with Crippen LogP contribution in [0.25, 0.3) is 16.5 Å². The number of esters is 1. The lowest BCUT2D eigenvalue weighted by Gasteiger charge is -2.02. The quantitative estimate of drug-likeness (QED) is 0.460. The number of rotatable bonds is 4. The van der Waals surface area contributed by atoms with Crippen molar-refractivity contribution in [3.8, 4) is 0 Å². The molecular weight excluding hydrogens is 364 g/mol. The van der Waals surface area contributed by atoms with E-state index in [1.54, 1.807) is 18.3 Å². The number of ether oxygens (including phenoxy) is 1. The summed E-state index contributed by atoms with van der Waals surface area (Å²) >= 11 is 5.00. The Labute approximate surface area is 140 Å². The van der Waals surface area contributed by atoms with Gasteiger partial charge in [-0.25, -0.2) is 4.79 Å². The number of thiophene rings is 1. The Balaban J connectivity index is 2.09. The van der Waals surface area contributed by atoms with Crippen molar-refractivity contribution in [2.45, 2.75) is 6.92 Å². The molecule has 3 rings (SSSR count). The lowest BCUT2D eigenvalue weighted by Crippen LogP contribution is -2.00. The monoisotopic (exact) mass is 376 g/mol. The van der Waals surface area contributed by atoms with Crippen molar-refractivity contribution in [1.82, 2.24) is 0 Å². The minimum atomic E-state index is -0.368. The molecule has 0 radical (unpaired) electrons. The summed E-state index contributed by atoms with van der Waals surface area (Å²) in [5, 5.41) is 2.95. The summed E-state index contributed by atoms with van der Waals surface area (Å²) in [4.78, 5) is 12.8. The SMILES string of the molecule is CCOC(=O)/C=C(\c1cc2cc(Br)ccc2o1)c1cccs1. The van der Waals surface area contributed by atoms with E-state index in [9.17, 15) is 4.79 Å². The van der Waals surface area contributed by atoms with Gasteiger partial charge < -0.3 is 9.15 Å². The van der Waals surface area contributed by atoms with E-state index in [0.29, 0.717) is 12.4 Å². The largest absolute Gasteiger partial charge is 0.463 e. The fourth-order valence-electron chi connectivity index (χ4n) is 2.14. The number of carbonyl (C=O) groups is 1. The van der Waals surface area contributed by atoms with E-state index >= 15 is 0 Å². The summed E-state index contributed by atoms with van der Waals surface area (Å²) in [5.41, 5.74) is 1.52. The maximum atomic E-state index is 11.8. The van der Waals surface area contributed by atoms with Crippen LogP contribution in [0.1, 0.15) is 17.6 Å². The number of hydrogen-bond donors (Lipinski definition) is 0. The molecule has 0 unspecified atom stereocenters. The van der Waals surface area contributed by atoms with Gasteiger partial charge in [0.2, 0.25) is 0 Å². The first-order valence-electron chi connectivity index (χ1n) is 6.79. The minimum Gasteiger partial charge on any atom is -0.463 e. The number of carbonyl (C=O) groups excluding carboxylic acids is 1. The highest BCUT2D eigenvalue weighted by molar-refractivity contribution is 9.10. The van der Waals surface area contributed by atoms with Crippen molar-refractivity contribution >= 4 is 49.8 Å². The molecule has 3 aromatic rings. The summed E-state index contributed by atoms with van der Waals surface area (Å²) < 4.78 is 11.9. The van der Waals surface area contributed by atoms with Gasteiger partial charge in [0.1, 0.15) is 11.3 Å². The second-order valence-electron chi connectivity index (χ2n) is 4.58. The van der Waals surface area contributed by atoms with E-state index in [-0.39, 0.29) is 5.97 Å². The smallest absolute Gasteiger partial charge is 0.331 e. The van der Waals surface area contributed by atoms with Crippen molar-refractivity contribution in [3.63, 3.8) is 0 Å². The average molecular weight is 377 g/mol. The Bertz CT molecular complexity index is 831. The maximum Gasteiger partial charge on any atom is 0.331 e. The second-order valence-corrected chi connectivity index (χ2v) is 6.44. The van der Waals surface area contributed by atoms with Gasteiger partial charge in [-0.15, -0.1) is 11.3 Å². The van der Waals surface area contributed by atoms with Gasteiger partial charge in [0, 0.05) is 26.4 Å². The minimum absolute atomic E-state index is 0.347. The molecular formula is C17H13BrO3S. The van der Waals surface area contributed by atoms with Gasteiger partial charge in [0.15, 0.2) is 0 Å². The summed E-state index contributed by atoms with van der Waals surface area (Å²) in [5.74, 6) is 0.288. The van der Waals surface area contributed by atoms with Crippen LogP contribution in [-0.2, 0) is 9.53 Å². The Kier molecular flexibility index (Phi) is 4.45. The molecule has 0 saturated heterocycles. The van der Waals surface area contributed by atoms with Crippen LogP contribution >= 0.6 is 27.3 Å². The molecule has 0 spiro atoms. The highest BCUT2D eigenvalue weighted by Crippen LogP contribution is 2.32. The Morgan fingerprint density at radius 1 is 1.36 bits per heavy atom. The summed E-state index contributed by atoms with van der Waals surface area (Å²) in [6, 6.07) is 11.6. The predicted molar refractivity (Wildman–Crippen MR) is 91.9 cm³/mol. The fourth-order valence-corrected chi connectivity index (χ4v) is 3.27. The summed E-state index contributed by atoms with van der Waals surface area (Å²) in [6.45, 7) is 2.13. The third-order valence-electron chi connectivity index (χ3n) is 3.08. The first-order valence-corrected chi connectivity index (χ1v) is 8.46. The van der Waals surface area contributed by atoms with Gasteiger partial charge in [-0.2, -0.15) is 0 Å². The van der Waals surface area contributed by atoms with E-state index in [1.807, 2.05) is 41.8 Å². The van der Waals surface area contributed by atoms with Crippen LogP contribution in [0.15, 0.2) is 56.7 Å². The van der Waals surface area contributed by atoms with Crippen LogP contribution < -0.4 is 0 Å². The van der Waals surface area contributed by atoms with E-state index in [2.05, 4.69) is 15.9 Å². The van der Waals surface area contributed by atoms with Crippen LogP contribution in [0.4, 0.5) is 0 Å². The third kappa shape index (κ3) is 3.15. The molecule has 2 heterocycles. The summed E-state index contributed by atoms with van der Waals surface area (Å²) in [6.07, 6.45) is 1.49. The fraction of sp³-hybridized carbons (Fsp3) is 0.118. The van der Waals surface area contributed by atoms with Crippen LogP contribution in [0.2, 0.25) is 0 Å². The van der Waals surface area contributed by atoms with Crippen molar-refractivity contribution in [2.75, 3.05) is 6.61 Å². The van der Waals surface area contributed by atoms with E-state index in [4.69, 9.17) is 9.15 Å². The van der Waals surface area contributed by atoms with Crippen LogP contribution in [0.3, 0.4) is 0 Å². The molecule has 0 atom stereocenters. The highest BCUT2D eigenvalue weighted by Gasteiger charge is 2.14. The molecule has 0 saturated carbocycles. The number of fused-ring (bicyclic) bond motifs is 1. The topological polar surface area (TPSA) is 39.4 Å².